The van der Waals surface area contributed by atoms with Gasteiger partial charge in [-0.25, -0.2) is 17.6 Å². The van der Waals surface area contributed by atoms with Crippen molar-refractivity contribution in [3.05, 3.63) is 18.7 Å². The minimum atomic E-state index is -8.17. The van der Waals surface area contributed by atoms with Crippen LogP contribution in [0.15, 0.2) is 18.7 Å². The first-order valence-electron chi connectivity index (χ1n) is 5.97. The quantitative estimate of drug-likeness (QED) is 0.565. The van der Waals surface area contributed by atoms with Crippen molar-refractivity contribution in [2.45, 2.75) is 36.3 Å². The number of sulfone groups is 1. The van der Waals surface area contributed by atoms with Crippen molar-refractivity contribution < 1.29 is 56.9 Å². The van der Waals surface area contributed by atoms with Crippen LogP contribution in [0.3, 0.4) is 0 Å². The molecule has 1 heterocycles. The van der Waals surface area contributed by atoms with Crippen LogP contribution in [0.25, 0.3) is 0 Å². The third-order valence-corrected chi connectivity index (χ3v) is 4.34. The molecule has 0 amide bonds. The van der Waals surface area contributed by atoms with Gasteiger partial charge in [-0.2, -0.15) is 43.9 Å². The predicted molar refractivity (Wildman–Crippen MR) is 62.2 cm³/mol. The van der Waals surface area contributed by atoms with E-state index in [1.54, 1.807) is 0 Å². The topological polar surface area (TPSA) is 43.0 Å². The van der Waals surface area contributed by atoms with E-state index in [0.717, 1.165) is 6.54 Å². The number of rotatable bonds is 3. The Balaban J connectivity index is 0.000000593. The van der Waals surface area contributed by atoms with Crippen molar-refractivity contribution in [2.75, 3.05) is 0 Å². The number of imidazole rings is 1. The van der Waals surface area contributed by atoms with E-state index in [9.17, 15) is 52.3 Å². The van der Waals surface area contributed by atoms with Gasteiger partial charge in [0.25, 0.3) is 9.84 Å². The van der Waals surface area contributed by atoms with Crippen molar-refractivity contribution in [2.24, 2.45) is 7.05 Å². The molecule has 0 bridgehead atoms. The highest BCUT2D eigenvalue weighted by Crippen LogP contribution is 2.50. The molecular formula is C10H11F10N2O2S+. The van der Waals surface area contributed by atoms with Gasteiger partial charge in [-0.15, -0.1) is 0 Å². The number of aryl methyl sites for hydroxylation is 2. The Morgan fingerprint density at radius 1 is 0.880 bits per heavy atom. The Bertz CT molecular complexity index is 643. The van der Waals surface area contributed by atoms with Gasteiger partial charge in [-0.1, -0.05) is 0 Å². The summed E-state index contributed by atoms with van der Waals surface area (Å²) in [7, 11) is -6.15. The maximum absolute atomic E-state index is 12.0. The normalized spacial score (nSPS) is 14.1. The highest BCUT2D eigenvalue weighted by atomic mass is 32.2. The minimum absolute atomic E-state index is 1.06. The molecule has 25 heavy (non-hydrogen) atoms. The van der Waals surface area contributed by atoms with Crippen LogP contribution >= 0.6 is 0 Å². The maximum Gasteiger partial charge on any atom is 0.469 e. The van der Waals surface area contributed by atoms with E-state index < -0.39 is 32.7 Å². The first-order chi connectivity index (χ1) is 10.8. The molecular weight excluding hydrogens is 402 g/mol. The molecule has 0 N–H and O–H groups in total. The summed E-state index contributed by atoms with van der Waals surface area (Å²) in [4.78, 5) is 0. The van der Waals surface area contributed by atoms with Crippen LogP contribution in [-0.4, -0.2) is 35.8 Å². The molecule has 4 nitrogen and oxygen atoms in total. The molecule has 0 aliphatic rings. The number of nitrogens with zero attached hydrogens (tertiary/aromatic N) is 2. The van der Waals surface area contributed by atoms with E-state index in [0.29, 0.717) is 0 Å². The van der Waals surface area contributed by atoms with Gasteiger partial charge >= 0.3 is 22.9 Å². The number of hydrogen-bond acceptors (Lipinski definition) is 2. The molecule has 0 aliphatic heterocycles. The van der Waals surface area contributed by atoms with Crippen LogP contribution < -0.4 is 4.57 Å². The number of alkyl halides is 10. The SMILES string of the molecule is CCn1cc[n+](C)c1.O=S(=O)(C(F)(F)C(F)(F)F)C(F)(F)C(F)(F)F. The molecule has 1 aromatic heterocycles. The largest absolute Gasteiger partial charge is 0.469 e. The lowest BCUT2D eigenvalue weighted by Crippen LogP contribution is -2.56. The molecule has 0 aromatic carbocycles. The molecule has 0 fully saturated rings. The summed E-state index contributed by atoms with van der Waals surface area (Å²) in [6, 6.07) is 0. The molecule has 0 radical (unpaired) electrons. The molecule has 0 saturated carbocycles. The summed E-state index contributed by atoms with van der Waals surface area (Å²) in [5.74, 6) is 0. The van der Waals surface area contributed by atoms with Gasteiger partial charge in [0.1, 0.15) is 12.4 Å². The number of halogens is 10. The fourth-order valence-electron chi connectivity index (χ4n) is 1.15. The van der Waals surface area contributed by atoms with E-state index in [1.807, 2.05) is 17.8 Å². The molecule has 1 aromatic rings. The summed E-state index contributed by atoms with van der Waals surface area (Å²) in [6.07, 6.45) is -8.05. The third-order valence-electron chi connectivity index (χ3n) is 2.52. The predicted octanol–water partition coefficient (Wildman–Crippen LogP) is 3.04. The summed E-state index contributed by atoms with van der Waals surface area (Å²) in [5, 5.41) is -14.4. The lowest BCUT2D eigenvalue weighted by atomic mass is 10.7. The lowest BCUT2D eigenvalue weighted by Gasteiger charge is -2.26. The summed E-state index contributed by atoms with van der Waals surface area (Å²) in [5.41, 5.74) is 0. The van der Waals surface area contributed by atoms with Crippen molar-refractivity contribution in [1.82, 2.24) is 4.57 Å². The van der Waals surface area contributed by atoms with Gasteiger partial charge in [0.2, 0.25) is 6.33 Å². The highest BCUT2D eigenvalue weighted by molar-refractivity contribution is 7.93. The minimum Gasteiger partial charge on any atom is -0.240 e. The fraction of sp³-hybridized carbons (Fsp3) is 0.700. The highest BCUT2D eigenvalue weighted by Gasteiger charge is 2.81. The van der Waals surface area contributed by atoms with E-state index in [2.05, 4.69) is 24.0 Å². The Labute approximate surface area is 134 Å². The zero-order valence-electron chi connectivity index (χ0n) is 12.3. The Morgan fingerprint density at radius 2 is 1.24 bits per heavy atom. The molecule has 148 valence electrons. The van der Waals surface area contributed by atoms with Crippen molar-refractivity contribution in [1.29, 1.82) is 0 Å². The van der Waals surface area contributed by atoms with Gasteiger partial charge < -0.3 is 0 Å². The van der Waals surface area contributed by atoms with E-state index >= 15 is 0 Å². The molecule has 0 unspecified atom stereocenters. The van der Waals surface area contributed by atoms with E-state index in [4.69, 9.17) is 0 Å². The number of hydrogen-bond donors (Lipinski definition) is 0. The van der Waals surface area contributed by atoms with Crippen molar-refractivity contribution >= 4 is 9.84 Å². The monoisotopic (exact) mass is 413 g/mol. The summed E-state index contributed by atoms with van der Waals surface area (Å²) < 4.78 is 141. The van der Waals surface area contributed by atoms with Crippen LogP contribution in [0, 0.1) is 0 Å². The Kier molecular flexibility index (Phi) is 6.56. The van der Waals surface area contributed by atoms with Crippen LogP contribution in [-0.2, 0) is 23.4 Å². The van der Waals surface area contributed by atoms with Gasteiger partial charge in [-0.3, -0.25) is 0 Å². The van der Waals surface area contributed by atoms with Gasteiger partial charge in [0.05, 0.1) is 13.6 Å². The second-order valence-corrected chi connectivity index (χ2v) is 6.47. The van der Waals surface area contributed by atoms with Crippen molar-refractivity contribution in [3.63, 3.8) is 0 Å². The zero-order valence-corrected chi connectivity index (χ0v) is 13.2. The Hall–Kier alpha value is -1.54. The van der Waals surface area contributed by atoms with Crippen LogP contribution in [0.4, 0.5) is 43.9 Å². The summed E-state index contributed by atoms with van der Waals surface area (Å²) in [6.45, 7) is 3.18. The van der Waals surface area contributed by atoms with E-state index in [1.165, 1.54) is 0 Å². The standard InChI is InChI=1S/C6H11N2.C4F10O2S/c1-3-8-5-4-7(2)6-8;5-1(6,7)3(11,12)17(15,16)4(13,14)2(8,9)10/h4-6H,3H2,1-2H3;/q+1;. The first kappa shape index (κ1) is 23.5. The van der Waals surface area contributed by atoms with Gasteiger partial charge in [0, 0.05) is 0 Å². The zero-order chi connectivity index (χ0) is 20.5. The van der Waals surface area contributed by atoms with Crippen molar-refractivity contribution in [3.8, 4) is 0 Å². The maximum atomic E-state index is 12.0. The molecule has 0 aliphatic carbocycles. The van der Waals surface area contributed by atoms with E-state index in [-0.39, 0.29) is 0 Å². The van der Waals surface area contributed by atoms with Crippen LogP contribution in [0.5, 0.6) is 0 Å². The second kappa shape index (κ2) is 6.99. The molecule has 1 rings (SSSR count). The Morgan fingerprint density at radius 3 is 1.40 bits per heavy atom. The fourth-order valence-corrected chi connectivity index (χ4v) is 2.09. The second-order valence-electron chi connectivity index (χ2n) is 4.44. The molecule has 0 saturated heterocycles. The average Bonchev–Trinajstić information content (AvgIpc) is 2.82. The molecule has 15 heteroatoms. The molecule has 0 atom stereocenters. The third kappa shape index (κ3) is 4.55. The number of aromatic nitrogens is 2. The average molecular weight is 413 g/mol. The smallest absolute Gasteiger partial charge is 0.240 e. The summed E-state index contributed by atoms with van der Waals surface area (Å²) >= 11 is 0. The lowest BCUT2D eigenvalue weighted by molar-refractivity contribution is -0.671. The first-order valence-corrected chi connectivity index (χ1v) is 7.45. The van der Waals surface area contributed by atoms with Crippen LogP contribution in [0.1, 0.15) is 6.92 Å². The van der Waals surface area contributed by atoms with Crippen LogP contribution in [0.2, 0.25) is 0 Å². The van der Waals surface area contributed by atoms with Gasteiger partial charge in [0.15, 0.2) is 0 Å². The molecule has 0 spiro atoms. The van der Waals surface area contributed by atoms with Gasteiger partial charge in [-0.05, 0) is 6.92 Å².